The zero-order valence-electron chi connectivity index (χ0n) is 5.81. The van der Waals surface area contributed by atoms with Crippen LogP contribution in [0.1, 0.15) is 16.2 Å². The normalized spacial score (nSPS) is 8.75. The molecule has 5 nitrogen and oxygen atoms in total. The number of aromatic carboxylic acids is 1. The van der Waals surface area contributed by atoms with E-state index in [1.54, 1.807) is 6.92 Å². The van der Waals surface area contributed by atoms with Crippen LogP contribution in [-0.4, -0.2) is 53.8 Å². The Kier molecular flexibility index (Phi) is 4.44. The van der Waals surface area contributed by atoms with Gasteiger partial charge >= 0.3 is 43.7 Å². The van der Waals surface area contributed by atoms with Gasteiger partial charge in [-0.05, 0) is 0 Å². The first-order chi connectivity index (χ1) is 5.11. The van der Waals surface area contributed by atoms with Gasteiger partial charge in [0.15, 0.2) is 0 Å². The average Bonchev–Trinajstić information content (AvgIpc) is 1.94. The number of aryl methyl sites for hydroxylation is 1. The maximum absolute atomic E-state index is 10.8. The zero-order valence-corrected chi connectivity index (χ0v) is 5.81. The standard InChI is InChI=1S/C6H6N2O3.Ca.2H/c1-4-2-7-5(6(9)10)3-8(4)11;;;/h2-3H,1H3,(H,9,10);;;. The van der Waals surface area contributed by atoms with E-state index in [1.165, 1.54) is 6.20 Å². The molecule has 1 heterocycles. The summed E-state index contributed by atoms with van der Waals surface area (Å²) in [5.41, 5.74) is 0.126. The fraction of sp³-hybridized carbons (Fsp3) is 0.167. The Balaban J connectivity index is 0.00000121. The molecule has 12 heavy (non-hydrogen) atoms. The number of carboxylic acids is 1. The molecule has 1 rings (SSSR count). The van der Waals surface area contributed by atoms with Crippen LogP contribution in [0.3, 0.4) is 0 Å². The summed E-state index contributed by atoms with van der Waals surface area (Å²) in [7, 11) is 0. The molecule has 0 aliphatic heterocycles. The van der Waals surface area contributed by atoms with Crippen LogP contribution in [0.2, 0.25) is 0 Å². The van der Waals surface area contributed by atoms with Crippen LogP contribution in [0.15, 0.2) is 12.4 Å². The molecule has 0 saturated heterocycles. The van der Waals surface area contributed by atoms with E-state index in [1.807, 2.05) is 0 Å². The van der Waals surface area contributed by atoms with Gasteiger partial charge in [-0.3, -0.25) is 0 Å². The third-order valence-electron chi connectivity index (χ3n) is 1.20. The molecular weight excluding hydrogens is 188 g/mol. The molecule has 0 saturated carbocycles. The van der Waals surface area contributed by atoms with Crippen LogP contribution in [0.25, 0.3) is 0 Å². The molecule has 0 fully saturated rings. The van der Waals surface area contributed by atoms with Gasteiger partial charge in [0.05, 0.1) is 6.20 Å². The first-order valence-corrected chi connectivity index (χ1v) is 2.90. The molecule has 1 N–H and O–H groups in total. The summed E-state index contributed by atoms with van der Waals surface area (Å²) in [6.07, 6.45) is 2.15. The SMILES string of the molecule is Cc1cnc(C(=O)O)c[n+]1[O-].[CaH2]. The molecule has 1 aromatic heterocycles. The first-order valence-electron chi connectivity index (χ1n) is 2.90. The second-order valence-corrected chi connectivity index (χ2v) is 2.04. The van der Waals surface area contributed by atoms with E-state index in [2.05, 4.69) is 4.98 Å². The third-order valence-corrected chi connectivity index (χ3v) is 1.20. The number of hydrogen-bond donors (Lipinski definition) is 1. The number of hydrogen-bond acceptors (Lipinski definition) is 3. The Labute approximate surface area is 98.6 Å². The van der Waals surface area contributed by atoms with E-state index in [0.29, 0.717) is 10.4 Å². The summed E-state index contributed by atoms with van der Waals surface area (Å²) < 4.78 is 0.469. The van der Waals surface area contributed by atoms with Gasteiger partial charge < -0.3 is 10.3 Å². The second-order valence-electron chi connectivity index (χ2n) is 2.04. The van der Waals surface area contributed by atoms with Gasteiger partial charge in [0.2, 0.25) is 17.6 Å². The molecule has 0 amide bonds. The molecule has 0 aliphatic rings. The number of rotatable bonds is 1. The van der Waals surface area contributed by atoms with Crippen molar-refractivity contribution in [3.05, 3.63) is 29.0 Å². The third kappa shape index (κ3) is 2.58. The molecule has 1 aromatic rings. The van der Waals surface area contributed by atoms with Gasteiger partial charge in [0, 0.05) is 6.92 Å². The van der Waals surface area contributed by atoms with Gasteiger partial charge in [0.1, 0.15) is 0 Å². The topological polar surface area (TPSA) is 77.1 Å². The molecule has 0 bridgehead atoms. The van der Waals surface area contributed by atoms with Crippen molar-refractivity contribution >= 4 is 43.7 Å². The Morgan fingerprint density at radius 1 is 1.75 bits per heavy atom. The quantitative estimate of drug-likeness (QED) is 0.348. The van der Waals surface area contributed by atoms with Crippen molar-refractivity contribution in [2.45, 2.75) is 6.92 Å². The van der Waals surface area contributed by atoms with Crippen LogP contribution in [0.4, 0.5) is 0 Å². The van der Waals surface area contributed by atoms with E-state index in [4.69, 9.17) is 5.11 Å². The molecular formula is C6H8CaN2O3. The van der Waals surface area contributed by atoms with E-state index >= 15 is 0 Å². The Hall–Kier alpha value is -0.390. The molecule has 6 heteroatoms. The van der Waals surface area contributed by atoms with Gasteiger partial charge in [-0.15, -0.1) is 0 Å². The van der Waals surface area contributed by atoms with Crippen LogP contribution in [0.5, 0.6) is 0 Å². The van der Waals surface area contributed by atoms with E-state index < -0.39 is 5.97 Å². The summed E-state index contributed by atoms with van der Waals surface area (Å²) in [5.74, 6) is -1.20. The molecule has 0 atom stereocenters. The predicted octanol–water partition coefficient (Wildman–Crippen LogP) is -1.19. The number of nitrogens with zero attached hydrogens (tertiary/aromatic N) is 2. The van der Waals surface area contributed by atoms with Crippen LogP contribution in [0, 0.1) is 12.1 Å². The van der Waals surface area contributed by atoms with Crippen LogP contribution in [-0.2, 0) is 0 Å². The van der Waals surface area contributed by atoms with Crippen LogP contribution < -0.4 is 4.73 Å². The summed E-state index contributed by atoms with van der Waals surface area (Å²) in [4.78, 5) is 13.8. The predicted molar refractivity (Wildman–Crippen MR) is 43.4 cm³/mol. The van der Waals surface area contributed by atoms with Crippen LogP contribution >= 0.6 is 0 Å². The fourth-order valence-electron chi connectivity index (χ4n) is 0.577. The Morgan fingerprint density at radius 2 is 2.33 bits per heavy atom. The molecule has 0 aromatic carbocycles. The second kappa shape index (κ2) is 4.59. The Bertz CT molecular complexity index is 303. The number of carbonyl (C=O) groups is 1. The fourth-order valence-corrected chi connectivity index (χ4v) is 0.577. The van der Waals surface area contributed by atoms with Crippen molar-refractivity contribution in [2.75, 3.05) is 0 Å². The van der Waals surface area contributed by atoms with Crippen molar-refractivity contribution in [1.29, 1.82) is 0 Å². The summed E-state index contributed by atoms with van der Waals surface area (Å²) in [6.45, 7) is 1.55. The molecule has 0 radical (unpaired) electrons. The summed E-state index contributed by atoms with van der Waals surface area (Å²) in [5, 5.41) is 19.1. The maximum atomic E-state index is 10.8. The Morgan fingerprint density at radius 3 is 2.75 bits per heavy atom. The minimum atomic E-state index is -1.20. The van der Waals surface area contributed by atoms with Gasteiger partial charge in [0.25, 0.3) is 0 Å². The molecule has 0 spiro atoms. The molecule has 62 valence electrons. The first kappa shape index (κ1) is 11.6. The van der Waals surface area contributed by atoms with E-state index in [9.17, 15) is 10.0 Å². The number of carboxylic acid groups (broad SMARTS) is 1. The van der Waals surface area contributed by atoms with Crippen molar-refractivity contribution in [3.8, 4) is 0 Å². The van der Waals surface area contributed by atoms with Crippen molar-refractivity contribution in [2.24, 2.45) is 0 Å². The average molecular weight is 196 g/mol. The van der Waals surface area contributed by atoms with Gasteiger partial charge in [-0.2, -0.15) is 4.73 Å². The summed E-state index contributed by atoms with van der Waals surface area (Å²) in [6, 6.07) is 0. The number of aromatic nitrogens is 2. The molecule has 0 unspecified atom stereocenters. The monoisotopic (exact) mass is 196 g/mol. The minimum absolute atomic E-state index is 0. The van der Waals surface area contributed by atoms with Crippen molar-refractivity contribution in [1.82, 2.24) is 4.98 Å². The van der Waals surface area contributed by atoms with E-state index in [0.717, 1.165) is 6.20 Å². The zero-order chi connectivity index (χ0) is 8.43. The summed E-state index contributed by atoms with van der Waals surface area (Å²) >= 11 is 0. The van der Waals surface area contributed by atoms with Gasteiger partial charge in [-0.1, -0.05) is 0 Å². The molecule has 0 aliphatic carbocycles. The van der Waals surface area contributed by atoms with E-state index in [-0.39, 0.29) is 43.4 Å². The van der Waals surface area contributed by atoms with Gasteiger partial charge in [-0.25, -0.2) is 9.78 Å². The van der Waals surface area contributed by atoms with Crippen molar-refractivity contribution < 1.29 is 14.6 Å². The van der Waals surface area contributed by atoms with Crippen molar-refractivity contribution in [3.63, 3.8) is 0 Å².